The fourth-order valence-electron chi connectivity index (χ4n) is 8.15. The minimum absolute atomic E-state index is 0.00407. The van der Waals surface area contributed by atoms with E-state index in [4.69, 9.17) is 28.7 Å². The van der Waals surface area contributed by atoms with E-state index in [1.807, 2.05) is 13.8 Å². The Morgan fingerprint density at radius 3 is 1.71 bits per heavy atom. The number of nitrogens with one attached hydrogen (secondary N) is 6. The number of aliphatic carboxylic acids is 1. The molecular formula is C45H73N15O10. The number of hydrogen-bond donors (Lipinski definition) is 12. The molecule has 25 nitrogen and oxygen atoms in total. The molecule has 2 saturated heterocycles. The van der Waals surface area contributed by atoms with Crippen molar-refractivity contribution in [2.75, 3.05) is 32.7 Å². The number of nitrogens with two attached hydrogens (primary N) is 5. The molecular weight excluding hydrogens is 911 g/mol. The van der Waals surface area contributed by atoms with Crippen LogP contribution in [0.5, 0.6) is 0 Å². The Labute approximate surface area is 407 Å². The summed E-state index contributed by atoms with van der Waals surface area (Å²) in [4.78, 5) is 132. The molecule has 388 valence electrons. The second kappa shape index (κ2) is 28.4. The van der Waals surface area contributed by atoms with Crippen molar-refractivity contribution in [1.82, 2.24) is 41.7 Å². The van der Waals surface area contributed by atoms with E-state index in [1.54, 1.807) is 30.3 Å². The van der Waals surface area contributed by atoms with Crippen LogP contribution in [0.25, 0.3) is 0 Å². The topological polar surface area (TPSA) is 407 Å². The van der Waals surface area contributed by atoms with Gasteiger partial charge in [0.15, 0.2) is 11.9 Å². The minimum Gasteiger partial charge on any atom is -0.480 e. The van der Waals surface area contributed by atoms with Crippen molar-refractivity contribution in [2.24, 2.45) is 44.6 Å². The second-order valence-electron chi connectivity index (χ2n) is 17.9. The van der Waals surface area contributed by atoms with Crippen molar-refractivity contribution >= 4 is 65.1 Å². The summed E-state index contributed by atoms with van der Waals surface area (Å²) >= 11 is 0. The van der Waals surface area contributed by atoms with Crippen molar-refractivity contribution in [1.29, 1.82) is 0 Å². The third-order valence-corrected chi connectivity index (χ3v) is 11.7. The molecule has 0 saturated carbocycles. The van der Waals surface area contributed by atoms with Crippen molar-refractivity contribution in [3.05, 3.63) is 35.9 Å². The zero-order valence-electron chi connectivity index (χ0n) is 40.5. The van der Waals surface area contributed by atoms with E-state index in [1.165, 1.54) is 23.6 Å². The van der Waals surface area contributed by atoms with Crippen molar-refractivity contribution in [2.45, 2.75) is 140 Å². The lowest BCUT2D eigenvalue weighted by Gasteiger charge is -2.33. The lowest BCUT2D eigenvalue weighted by atomic mass is 10.0. The maximum Gasteiger partial charge on any atom is 0.326 e. The second-order valence-corrected chi connectivity index (χ2v) is 17.9. The van der Waals surface area contributed by atoms with Crippen LogP contribution in [0.3, 0.4) is 0 Å². The van der Waals surface area contributed by atoms with Gasteiger partial charge in [0.1, 0.15) is 48.3 Å². The first-order valence-electron chi connectivity index (χ1n) is 23.6. The third kappa shape index (κ3) is 18.5. The predicted octanol–water partition coefficient (Wildman–Crippen LogP) is -3.64. The molecule has 2 heterocycles. The van der Waals surface area contributed by atoms with E-state index >= 15 is 0 Å². The summed E-state index contributed by atoms with van der Waals surface area (Å²) in [5.41, 5.74) is 28.1. The minimum atomic E-state index is -1.31. The molecule has 0 aromatic heterocycles. The average molecular weight is 984 g/mol. The summed E-state index contributed by atoms with van der Waals surface area (Å²) < 4.78 is 0. The molecule has 0 radical (unpaired) electrons. The van der Waals surface area contributed by atoms with Crippen LogP contribution < -0.4 is 60.6 Å². The van der Waals surface area contributed by atoms with Gasteiger partial charge in [0.05, 0.1) is 6.54 Å². The van der Waals surface area contributed by atoms with Crippen molar-refractivity contribution < 1.29 is 48.3 Å². The molecule has 0 spiro atoms. The zero-order valence-corrected chi connectivity index (χ0v) is 40.5. The van der Waals surface area contributed by atoms with Crippen LogP contribution in [0.2, 0.25) is 0 Å². The molecule has 0 bridgehead atoms. The zero-order chi connectivity index (χ0) is 52.1. The maximum atomic E-state index is 14.5. The van der Waals surface area contributed by atoms with Crippen LogP contribution in [0.4, 0.5) is 0 Å². The molecule has 0 aliphatic carbocycles. The van der Waals surface area contributed by atoms with Crippen molar-refractivity contribution in [3.8, 4) is 0 Å². The van der Waals surface area contributed by atoms with Crippen LogP contribution in [0, 0.1) is 5.92 Å². The number of aliphatic imine (C=N–C) groups is 2. The lowest BCUT2D eigenvalue weighted by molar-refractivity contribution is -0.149. The first-order valence-corrected chi connectivity index (χ1v) is 23.6. The number of hydrogen-bond acceptors (Lipinski definition) is 12. The standard InChI is InChI=1S/C45H73N15O10/c1-25(2)22-32(43(69)70)58-40(66)33-16-10-20-59(33)42(68)34-17-11-21-60(34)41(67)30(15-9-19-52-45(49)50)56-38(64)29(14-8-18-51-44(47)48)55-37(63)27(4)54-39(65)31(23-28-12-6-5-7-13-28)57-36(62)26(3)53-35(61)24-46/h5-7,12-13,25-27,29-34H,8-11,14-24,46H2,1-4H3,(H,53,61)(H,54,65)(H,55,63)(H,56,64)(H,57,62)(H,58,66)(H,69,70)(H4,47,48,51)(H4,49,50,52)/t26-,27-,29-,30-,31-,32-,33-,34-/m0/s1. The van der Waals surface area contributed by atoms with Gasteiger partial charge in [-0.3, -0.25) is 48.3 Å². The highest BCUT2D eigenvalue weighted by molar-refractivity contribution is 5.98. The van der Waals surface area contributed by atoms with E-state index in [-0.39, 0.29) is 95.5 Å². The summed E-state index contributed by atoms with van der Waals surface area (Å²) in [5, 5.41) is 25.4. The Hall–Kier alpha value is -7.05. The quantitative estimate of drug-likeness (QED) is 0.0230. The van der Waals surface area contributed by atoms with E-state index in [0.29, 0.717) is 24.8 Å². The average Bonchev–Trinajstić information content (AvgIpc) is 4.01. The Balaban J connectivity index is 1.85. The number of likely N-dealkylation sites (tertiary alicyclic amines) is 2. The number of rotatable bonds is 27. The molecule has 0 unspecified atom stereocenters. The lowest BCUT2D eigenvalue weighted by Crippen LogP contribution is -2.59. The maximum absolute atomic E-state index is 14.5. The highest BCUT2D eigenvalue weighted by Crippen LogP contribution is 2.26. The van der Waals surface area contributed by atoms with Crippen LogP contribution in [0.1, 0.15) is 91.0 Å². The van der Waals surface area contributed by atoms with Crippen LogP contribution in [0.15, 0.2) is 40.3 Å². The molecule has 2 aliphatic heterocycles. The van der Waals surface area contributed by atoms with E-state index in [2.05, 4.69) is 41.9 Å². The Bertz CT molecular complexity index is 2050. The molecule has 17 N–H and O–H groups in total. The Morgan fingerprint density at radius 1 is 0.643 bits per heavy atom. The molecule has 8 atom stereocenters. The normalized spacial score (nSPS) is 17.9. The molecule has 3 rings (SSSR count). The number of benzene rings is 1. The van der Waals surface area contributed by atoms with E-state index in [9.17, 15) is 48.3 Å². The monoisotopic (exact) mass is 984 g/mol. The van der Waals surface area contributed by atoms with E-state index in [0.717, 1.165) is 0 Å². The Morgan fingerprint density at radius 2 is 1.16 bits per heavy atom. The number of nitrogens with zero attached hydrogens (tertiary/aromatic N) is 4. The molecule has 1 aromatic rings. The molecule has 2 aliphatic rings. The fourth-order valence-corrected chi connectivity index (χ4v) is 8.15. The SMILES string of the molecule is CC(C)C[C@H](NC(=O)[C@@H]1CCCN1C(=O)[C@@H]1CCCN1C(=O)[C@H](CCCN=C(N)N)NC(=O)[C@H](CCCN=C(N)N)NC(=O)[C@H](C)NC(=O)[C@H](Cc1ccccc1)NC(=O)[C@H](C)NC(=O)CN)C(=O)O. The Kier molecular flexibility index (Phi) is 23.3. The number of amides is 8. The molecule has 2 fully saturated rings. The summed E-state index contributed by atoms with van der Waals surface area (Å²) in [6, 6.07) is -0.438. The van der Waals surface area contributed by atoms with Gasteiger partial charge in [0.25, 0.3) is 0 Å². The number of carboxylic acids is 1. The number of guanidine groups is 2. The highest BCUT2D eigenvalue weighted by atomic mass is 16.4. The van der Waals surface area contributed by atoms with Gasteiger partial charge in [-0.15, -0.1) is 0 Å². The van der Waals surface area contributed by atoms with Gasteiger partial charge in [-0.1, -0.05) is 44.2 Å². The number of carbonyl (C=O) groups excluding carboxylic acids is 8. The van der Waals surface area contributed by atoms with Gasteiger partial charge in [-0.05, 0) is 83.1 Å². The third-order valence-electron chi connectivity index (χ3n) is 11.7. The number of carbonyl (C=O) groups is 9. The molecule has 70 heavy (non-hydrogen) atoms. The van der Waals surface area contributed by atoms with Crippen LogP contribution in [-0.4, -0.2) is 161 Å². The summed E-state index contributed by atoms with van der Waals surface area (Å²) in [7, 11) is 0. The highest BCUT2D eigenvalue weighted by Gasteiger charge is 2.44. The molecule has 25 heteroatoms. The number of carboxylic acid groups (broad SMARTS) is 1. The fraction of sp³-hybridized carbons (Fsp3) is 0.622. The largest absolute Gasteiger partial charge is 0.480 e. The summed E-state index contributed by atoms with van der Waals surface area (Å²) in [6.07, 6.45) is 2.05. The van der Waals surface area contributed by atoms with Gasteiger partial charge in [-0.25, -0.2) is 4.79 Å². The molecule has 1 aromatic carbocycles. The van der Waals surface area contributed by atoms with Gasteiger partial charge in [-0.2, -0.15) is 0 Å². The summed E-state index contributed by atoms with van der Waals surface area (Å²) in [6.45, 7) is 6.62. The smallest absolute Gasteiger partial charge is 0.326 e. The van der Waals surface area contributed by atoms with Gasteiger partial charge >= 0.3 is 5.97 Å². The predicted molar refractivity (Wildman–Crippen MR) is 259 cm³/mol. The first-order chi connectivity index (χ1) is 33.1. The van der Waals surface area contributed by atoms with Crippen LogP contribution >= 0.6 is 0 Å². The van der Waals surface area contributed by atoms with E-state index < -0.39 is 102 Å². The van der Waals surface area contributed by atoms with Gasteiger partial charge in [0, 0.05) is 32.6 Å². The summed E-state index contributed by atoms with van der Waals surface area (Å²) in [5.74, 6) is -6.89. The van der Waals surface area contributed by atoms with Crippen LogP contribution in [-0.2, 0) is 49.6 Å². The molecule has 8 amide bonds. The van der Waals surface area contributed by atoms with Crippen molar-refractivity contribution in [3.63, 3.8) is 0 Å². The van der Waals surface area contributed by atoms with Gasteiger partial charge in [0.2, 0.25) is 47.3 Å². The van der Waals surface area contributed by atoms with Gasteiger partial charge < -0.3 is 75.5 Å². The first kappa shape index (κ1) is 57.3.